The highest BCUT2D eigenvalue weighted by molar-refractivity contribution is 7.09. The zero-order valence-electron chi connectivity index (χ0n) is 14.9. The molecule has 1 saturated heterocycles. The molecule has 1 aliphatic rings. The Morgan fingerprint density at radius 1 is 1.30 bits per heavy atom. The van der Waals surface area contributed by atoms with E-state index in [2.05, 4.69) is 26.3 Å². The summed E-state index contributed by atoms with van der Waals surface area (Å²) >= 11 is 1.69. The van der Waals surface area contributed by atoms with Crippen LogP contribution in [-0.4, -0.2) is 46.6 Å². The van der Waals surface area contributed by atoms with Crippen molar-refractivity contribution in [3.05, 3.63) is 51.1 Å². The van der Waals surface area contributed by atoms with Gasteiger partial charge in [-0.15, -0.1) is 11.3 Å². The van der Waals surface area contributed by atoms with Crippen molar-refractivity contribution in [2.75, 3.05) is 25.0 Å². The number of nitrogens with zero attached hydrogens (tertiary/aromatic N) is 1. The summed E-state index contributed by atoms with van der Waals surface area (Å²) in [5.41, 5.74) is 1.80. The van der Waals surface area contributed by atoms with Crippen LogP contribution in [0.15, 0.2) is 40.5 Å². The van der Waals surface area contributed by atoms with Crippen molar-refractivity contribution in [3.63, 3.8) is 0 Å². The number of fused-ring (bicyclic) bond motifs is 1. The fourth-order valence-corrected chi connectivity index (χ4v) is 4.14. The molecule has 0 bridgehead atoms. The number of carbonyl (C=O) groups is 1. The maximum atomic E-state index is 12.6. The van der Waals surface area contributed by atoms with Gasteiger partial charge in [-0.2, -0.15) is 0 Å². The molecular formula is C19H22N4O3S. The van der Waals surface area contributed by atoms with Crippen LogP contribution in [0.25, 0.3) is 11.0 Å². The first-order chi connectivity index (χ1) is 13.2. The van der Waals surface area contributed by atoms with E-state index in [1.807, 2.05) is 11.4 Å². The highest BCUT2D eigenvalue weighted by Gasteiger charge is 2.21. The number of anilines is 1. The van der Waals surface area contributed by atoms with Gasteiger partial charge in [-0.3, -0.25) is 9.69 Å². The number of thiophene rings is 1. The molecule has 0 unspecified atom stereocenters. The summed E-state index contributed by atoms with van der Waals surface area (Å²) in [4.78, 5) is 32.7. The summed E-state index contributed by atoms with van der Waals surface area (Å²) in [5.74, 6) is -0.0817. The van der Waals surface area contributed by atoms with Crippen LogP contribution < -0.4 is 11.0 Å². The number of hydrogen-bond donors (Lipinski definition) is 3. The average molecular weight is 386 g/mol. The molecule has 3 aromatic rings. The molecular weight excluding hydrogens is 364 g/mol. The molecule has 1 atom stereocenters. The van der Waals surface area contributed by atoms with Crippen molar-refractivity contribution in [1.29, 1.82) is 0 Å². The number of imidazole rings is 1. The lowest BCUT2D eigenvalue weighted by atomic mass is 10.2. The maximum absolute atomic E-state index is 12.6. The van der Waals surface area contributed by atoms with Crippen molar-refractivity contribution < 1.29 is 9.53 Å². The molecule has 27 heavy (non-hydrogen) atoms. The molecule has 3 heterocycles. The van der Waals surface area contributed by atoms with Crippen molar-refractivity contribution in [3.8, 4) is 0 Å². The van der Waals surface area contributed by atoms with E-state index in [1.165, 1.54) is 4.88 Å². The van der Waals surface area contributed by atoms with Gasteiger partial charge >= 0.3 is 5.69 Å². The number of ether oxygens (including phenoxy) is 1. The van der Waals surface area contributed by atoms with Crippen molar-refractivity contribution in [2.24, 2.45) is 0 Å². The first kappa shape index (κ1) is 18.0. The minimum Gasteiger partial charge on any atom is -0.377 e. The Bertz CT molecular complexity index is 957. The van der Waals surface area contributed by atoms with Crippen LogP contribution in [0.3, 0.4) is 0 Å². The van der Waals surface area contributed by atoms with Gasteiger partial charge in [0.15, 0.2) is 0 Å². The van der Waals surface area contributed by atoms with E-state index in [-0.39, 0.29) is 17.7 Å². The standard InChI is InChI=1S/C19H22N4O3S/c24-18(20-13-5-6-16-17(9-13)22-19(25)21-16)12-23(10-14-3-1-7-26-14)11-15-4-2-8-27-15/h2,4-6,8-9,14H,1,3,7,10-12H2,(H,20,24)(H2,21,22,25)/t14-/m1/s1. The lowest BCUT2D eigenvalue weighted by Crippen LogP contribution is -2.37. The van der Waals surface area contributed by atoms with Gasteiger partial charge in [0.25, 0.3) is 0 Å². The highest BCUT2D eigenvalue weighted by Crippen LogP contribution is 2.18. The Balaban J connectivity index is 1.41. The number of aromatic amines is 2. The molecule has 1 fully saturated rings. The number of aromatic nitrogens is 2. The molecule has 3 N–H and O–H groups in total. The van der Waals surface area contributed by atoms with Gasteiger partial charge in [-0.1, -0.05) is 6.07 Å². The topological polar surface area (TPSA) is 90.2 Å². The SMILES string of the molecule is O=C(CN(Cc1cccs1)C[C@H]1CCCO1)Nc1ccc2[nH]c(=O)[nH]c2c1. The highest BCUT2D eigenvalue weighted by atomic mass is 32.1. The number of H-pyrrole nitrogens is 2. The Kier molecular flexibility index (Phi) is 5.38. The Labute approximate surface area is 160 Å². The monoisotopic (exact) mass is 386 g/mol. The van der Waals surface area contributed by atoms with Crippen LogP contribution in [0.1, 0.15) is 17.7 Å². The third kappa shape index (κ3) is 4.65. The molecule has 4 rings (SSSR count). The van der Waals surface area contributed by atoms with E-state index in [0.717, 1.165) is 38.1 Å². The third-order valence-electron chi connectivity index (χ3n) is 4.61. The van der Waals surface area contributed by atoms with E-state index < -0.39 is 0 Å². The molecule has 1 amide bonds. The van der Waals surface area contributed by atoms with Gasteiger partial charge in [0.2, 0.25) is 5.91 Å². The van der Waals surface area contributed by atoms with E-state index in [9.17, 15) is 9.59 Å². The van der Waals surface area contributed by atoms with Gasteiger partial charge in [-0.05, 0) is 42.5 Å². The molecule has 1 aromatic carbocycles. The van der Waals surface area contributed by atoms with Crippen molar-refractivity contribution >= 4 is 34.0 Å². The fourth-order valence-electron chi connectivity index (χ4n) is 3.40. The fraction of sp³-hybridized carbons (Fsp3) is 0.368. The van der Waals surface area contributed by atoms with Gasteiger partial charge in [0.1, 0.15) is 0 Å². The van der Waals surface area contributed by atoms with Crippen molar-refractivity contribution in [1.82, 2.24) is 14.9 Å². The van der Waals surface area contributed by atoms with Gasteiger partial charge in [0, 0.05) is 30.3 Å². The summed E-state index contributed by atoms with van der Waals surface area (Å²) in [7, 11) is 0. The van der Waals surface area contributed by atoms with Crippen LogP contribution in [0.5, 0.6) is 0 Å². The molecule has 2 aromatic heterocycles. The molecule has 8 heteroatoms. The molecule has 7 nitrogen and oxygen atoms in total. The third-order valence-corrected chi connectivity index (χ3v) is 5.47. The minimum atomic E-state index is -0.257. The second-order valence-electron chi connectivity index (χ2n) is 6.77. The largest absolute Gasteiger partial charge is 0.377 e. The molecule has 1 aliphatic heterocycles. The zero-order chi connectivity index (χ0) is 18.6. The first-order valence-electron chi connectivity index (χ1n) is 9.04. The smallest absolute Gasteiger partial charge is 0.323 e. The van der Waals surface area contributed by atoms with Crippen LogP contribution in [0, 0.1) is 0 Å². The van der Waals surface area contributed by atoms with Crippen molar-refractivity contribution in [2.45, 2.75) is 25.5 Å². The maximum Gasteiger partial charge on any atom is 0.323 e. The zero-order valence-corrected chi connectivity index (χ0v) is 15.7. The van der Waals surface area contributed by atoms with Crippen LogP contribution in [0.4, 0.5) is 5.69 Å². The summed E-state index contributed by atoms with van der Waals surface area (Å²) in [6.45, 7) is 2.57. The number of rotatable bonds is 7. The summed E-state index contributed by atoms with van der Waals surface area (Å²) in [5, 5.41) is 4.97. The van der Waals surface area contributed by atoms with Crippen LogP contribution >= 0.6 is 11.3 Å². The lowest BCUT2D eigenvalue weighted by Gasteiger charge is -2.24. The Morgan fingerprint density at radius 2 is 2.19 bits per heavy atom. The number of carbonyl (C=O) groups excluding carboxylic acids is 1. The van der Waals surface area contributed by atoms with Gasteiger partial charge < -0.3 is 20.0 Å². The lowest BCUT2D eigenvalue weighted by molar-refractivity contribution is -0.117. The summed E-state index contributed by atoms with van der Waals surface area (Å²) in [6.07, 6.45) is 2.32. The predicted octanol–water partition coefficient (Wildman–Crippen LogP) is 2.54. The minimum absolute atomic E-state index is 0.0817. The second kappa shape index (κ2) is 8.08. The predicted molar refractivity (Wildman–Crippen MR) is 106 cm³/mol. The van der Waals surface area contributed by atoms with E-state index in [1.54, 1.807) is 29.5 Å². The van der Waals surface area contributed by atoms with Gasteiger partial charge in [-0.25, -0.2) is 4.79 Å². The Hall–Kier alpha value is -2.42. The molecule has 0 radical (unpaired) electrons. The number of nitrogens with one attached hydrogen (secondary N) is 3. The normalized spacial score (nSPS) is 17.0. The molecule has 142 valence electrons. The van der Waals surface area contributed by atoms with E-state index in [4.69, 9.17) is 4.74 Å². The van der Waals surface area contributed by atoms with Crippen LogP contribution in [0.2, 0.25) is 0 Å². The van der Waals surface area contributed by atoms with E-state index in [0.29, 0.717) is 17.7 Å². The van der Waals surface area contributed by atoms with E-state index >= 15 is 0 Å². The summed E-state index contributed by atoms with van der Waals surface area (Å²) < 4.78 is 5.75. The first-order valence-corrected chi connectivity index (χ1v) is 9.92. The quantitative estimate of drug-likeness (QED) is 0.582. The molecule has 0 spiro atoms. The average Bonchev–Trinajstić information content (AvgIpc) is 3.36. The summed E-state index contributed by atoms with van der Waals surface area (Å²) in [6, 6.07) is 9.43. The number of amides is 1. The second-order valence-corrected chi connectivity index (χ2v) is 7.80. The van der Waals surface area contributed by atoms with Gasteiger partial charge in [0.05, 0.1) is 23.7 Å². The molecule has 0 aliphatic carbocycles. The number of hydrogen-bond acceptors (Lipinski definition) is 5. The Morgan fingerprint density at radius 3 is 2.96 bits per heavy atom. The van der Waals surface area contributed by atoms with Crippen LogP contribution in [-0.2, 0) is 16.1 Å². The molecule has 0 saturated carbocycles. The number of benzene rings is 1.